The van der Waals surface area contributed by atoms with Gasteiger partial charge in [0.15, 0.2) is 5.69 Å². The van der Waals surface area contributed by atoms with Gasteiger partial charge in [0.05, 0.1) is 15.5 Å². The molecular weight excluding hydrogens is 418 g/mol. The molecule has 0 aliphatic heterocycles. The molecule has 29 heavy (non-hydrogen) atoms. The first-order valence-corrected chi connectivity index (χ1v) is 10.2. The van der Waals surface area contributed by atoms with Crippen LogP contribution in [0.1, 0.15) is 22.6 Å². The zero-order chi connectivity index (χ0) is 21.2. The molecule has 1 N–H and O–H groups in total. The lowest BCUT2D eigenvalue weighted by atomic mass is 10.1. The van der Waals surface area contributed by atoms with Crippen LogP contribution in [0.5, 0.6) is 0 Å². The van der Waals surface area contributed by atoms with E-state index in [1.807, 2.05) is 0 Å². The molecule has 0 fully saturated rings. The SMILES string of the molecule is Cc1ccc(C=Cc2onc(C)c2[N+](=O)[O-])cc1S(=O)(=O)Nc1cccc(Cl)c1. The van der Waals surface area contributed by atoms with Gasteiger partial charge in [-0.3, -0.25) is 14.8 Å². The number of sulfonamides is 1. The molecule has 0 saturated heterocycles. The van der Waals surface area contributed by atoms with Crippen LogP contribution in [0.4, 0.5) is 11.4 Å². The third-order valence-electron chi connectivity index (χ3n) is 4.05. The number of nitrogens with one attached hydrogen (secondary N) is 1. The van der Waals surface area contributed by atoms with E-state index in [0.29, 0.717) is 21.8 Å². The normalized spacial score (nSPS) is 11.7. The van der Waals surface area contributed by atoms with Gasteiger partial charge in [0.25, 0.3) is 10.0 Å². The van der Waals surface area contributed by atoms with Crippen LogP contribution in [0.2, 0.25) is 5.02 Å². The van der Waals surface area contributed by atoms with Crippen molar-refractivity contribution in [3.8, 4) is 0 Å². The molecule has 1 heterocycles. The van der Waals surface area contributed by atoms with Crippen molar-refractivity contribution in [2.45, 2.75) is 18.7 Å². The second kappa shape index (κ2) is 8.06. The molecule has 1 aromatic heterocycles. The van der Waals surface area contributed by atoms with Crippen molar-refractivity contribution in [3.63, 3.8) is 0 Å². The summed E-state index contributed by atoms with van der Waals surface area (Å²) in [7, 11) is -3.87. The summed E-state index contributed by atoms with van der Waals surface area (Å²) in [5.41, 5.74) is 1.32. The topological polar surface area (TPSA) is 115 Å². The summed E-state index contributed by atoms with van der Waals surface area (Å²) < 4.78 is 33.1. The van der Waals surface area contributed by atoms with E-state index in [9.17, 15) is 18.5 Å². The molecule has 0 unspecified atom stereocenters. The fourth-order valence-electron chi connectivity index (χ4n) is 2.66. The first-order chi connectivity index (χ1) is 13.7. The van der Waals surface area contributed by atoms with Crippen molar-refractivity contribution in [2.75, 3.05) is 4.72 Å². The highest BCUT2D eigenvalue weighted by Crippen LogP contribution is 2.26. The Kier molecular flexibility index (Phi) is 5.71. The zero-order valence-corrected chi connectivity index (χ0v) is 17.0. The molecule has 0 saturated carbocycles. The summed E-state index contributed by atoms with van der Waals surface area (Å²) in [4.78, 5) is 10.6. The van der Waals surface area contributed by atoms with Crippen molar-refractivity contribution >= 4 is 45.2 Å². The fraction of sp³-hybridized carbons (Fsp3) is 0.105. The Labute approximate surface area is 172 Å². The van der Waals surface area contributed by atoms with E-state index in [2.05, 4.69) is 9.88 Å². The number of halogens is 1. The van der Waals surface area contributed by atoms with Crippen LogP contribution >= 0.6 is 11.6 Å². The van der Waals surface area contributed by atoms with Crippen LogP contribution in [0.15, 0.2) is 51.9 Å². The molecule has 3 rings (SSSR count). The number of aryl methyl sites for hydroxylation is 2. The molecule has 0 spiro atoms. The van der Waals surface area contributed by atoms with Gasteiger partial charge in [0.2, 0.25) is 5.76 Å². The standard InChI is InChI=1S/C19H16ClN3O5S/c1-12-6-7-14(8-9-17-19(23(24)25)13(2)21-28-17)10-18(12)29(26,27)22-16-5-3-4-15(20)11-16/h3-11,22H,1-2H3. The van der Waals surface area contributed by atoms with Gasteiger partial charge < -0.3 is 4.52 Å². The van der Waals surface area contributed by atoms with E-state index in [1.165, 1.54) is 31.2 Å². The zero-order valence-electron chi connectivity index (χ0n) is 15.4. The summed E-state index contributed by atoms with van der Waals surface area (Å²) in [5, 5.41) is 15.1. The van der Waals surface area contributed by atoms with Gasteiger partial charge in [-0.05, 0) is 55.3 Å². The number of anilines is 1. The Morgan fingerprint density at radius 1 is 1.17 bits per heavy atom. The van der Waals surface area contributed by atoms with Gasteiger partial charge in [-0.15, -0.1) is 0 Å². The maximum Gasteiger partial charge on any atom is 0.338 e. The van der Waals surface area contributed by atoms with E-state index in [4.69, 9.17) is 16.1 Å². The third-order valence-corrected chi connectivity index (χ3v) is 5.80. The van der Waals surface area contributed by atoms with Crippen molar-refractivity contribution in [3.05, 3.63) is 80.2 Å². The predicted octanol–water partition coefficient (Wildman–Crippen LogP) is 4.82. The minimum atomic E-state index is -3.87. The molecule has 0 bridgehead atoms. The van der Waals surface area contributed by atoms with Crippen LogP contribution in [-0.4, -0.2) is 18.5 Å². The fourth-order valence-corrected chi connectivity index (χ4v) is 4.18. The van der Waals surface area contributed by atoms with Crippen molar-refractivity contribution in [1.29, 1.82) is 0 Å². The highest BCUT2D eigenvalue weighted by atomic mass is 35.5. The first kappa shape index (κ1) is 20.6. The van der Waals surface area contributed by atoms with Crippen LogP contribution in [0.3, 0.4) is 0 Å². The number of nitro groups is 1. The lowest BCUT2D eigenvalue weighted by Gasteiger charge is -2.11. The van der Waals surface area contributed by atoms with Crippen LogP contribution < -0.4 is 4.72 Å². The molecule has 0 aliphatic rings. The van der Waals surface area contributed by atoms with E-state index in [1.54, 1.807) is 37.3 Å². The summed E-state index contributed by atoms with van der Waals surface area (Å²) in [6.45, 7) is 3.14. The lowest BCUT2D eigenvalue weighted by Crippen LogP contribution is -2.14. The van der Waals surface area contributed by atoms with Crippen molar-refractivity contribution in [2.24, 2.45) is 0 Å². The van der Waals surface area contributed by atoms with E-state index in [-0.39, 0.29) is 22.0 Å². The van der Waals surface area contributed by atoms with Crippen LogP contribution in [-0.2, 0) is 10.0 Å². The summed E-state index contributed by atoms with van der Waals surface area (Å²) >= 11 is 5.91. The Balaban J connectivity index is 1.93. The predicted molar refractivity (Wildman–Crippen MR) is 110 cm³/mol. The Bertz CT molecular complexity index is 1220. The smallest absolute Gasteiger partial charge is 0.338 e. The molecule has 0 radical (unpaired) electrons. The number of rotatable bonds is 6. The largest absolute Gasteiger partial charge is 0.349 e. The molecule has 0 amide bonds. The Morgan fingerprint density at radius 2 is 1.93 bits per heavy atom. The van der Waals surface area contributed by atoms with Crippen LogP contribution in [0, 0.1) is 24.0 Å². The highest BCUT2D eigenvalue weighted by Gasteiger charge is 2.22. The van der Waals surface area contributed by atoms with Crippen molar-refractivity contribution < 1.29 is 17.9 Å². The molecule has 0 aliphatic carbocycles. The highest BCUT2D eigenvalue weighted by molar-refractivity contribution is 7.92. The summed E-state index contributed by atoms with van der Waals surface area (Å²) in [6, 6.07) is 11.2. The number of hydrogen-bond donors (Lipinski definition) is 1. The van der Waals surface area contributed by atoms with Gasteiger partial charge in [0.1, 0.15) is 0 Å². The van der Waals surface area contributed by atoms with E-state index in [0.717, 1.165) is 0 Å². The quantitative estimate of drug-likeness (QED) is 0.440. The van der Waals surface area contributed by atoms with Gasteiger partial charge in [0, 0.05) is 5.02 Å². The molecule has 150 valence electrons. The number of aromatic nitrogens is 1. The average Bonchev–Trinajstić information content (AvgIpc) is 3.01. The lowest BCUT2D eigenvalue weighted by molar-refractivity contribution is -0.386. The summed E-state index contributed by atoms with van der Waals surface area (Å²) in [5.74, 6) is -0.0189. The number of benzene rings is 2. The Morgan fingerprint density at radius 3 is 2.62 bits per heavy atom. The maximum absolute atomic E-state index is 12.8. The van der Waals surface area contributed by atoms with Crippen molar-refractivity contribution in [1.82, 2.24) is 5.16 Å². The van der Waals surface area contributed by atoms with Crippen LogP contribution in [0.25, 0.3) is 12.2 Å². The average molecular weight is 434 g/mol. The first-order valence-electron chi connectivity index (χ1n) is 8.35. The number of hydrogen-bond acceptors (Lipinski definition) is 6. The van der Waals surface area contributed by atoms with Gasteiger partial charge in [-0.2, -0.15) is 0 Å². The third kappa shape index (κ3) is 4.64. The Hall–Kier alpha value is -3.17. The second-order valence-electron chi connectivity index (χ2n) is 6.21. The second-order valence-corrected chi connectivity index (χ2v) is 8.30. The molecule has 2 aromatic carbocycles. The molecule has 8 nitrogen and oxygen atoms in total. The van der Waals surface area contributed by atoms with Gasteiger partial charge in [-0.25, -0.2) is 8.42 Å². The molecule has 3 aromatic rings. The monoisotopic (exact) mass is 433 g/mol. The molecular formula is C19H16ClN3O5S. The minimum Gasteiger partial charge on any atom is -0.349 e. The minimum absolute atomic E-state index is 0.0189. The maximum atomic E-state index is 12.8. The van der Waals surface area contributed by atoms with Gasteiger partial charge >= 0.3 is 5.69 Å². The number of nitrogens with zero attached hydrogens (tertiary/aromatic N) is 2. The van der Waals surface area contributed by atoms with E-state index >= 15 is 0 Å². The van der Waals surface area contributed by atoms with Gasteiger partial charge in [-0.1, -0.05) is 41.0 Å². The summed E-state index contributed by atoms with van der Waals surface area (Å²) in [6.07, 6.45) is 2.90. The van der Waals surface area contributed by atoms with E-state index < -0.39 is 14.9 Å². The molecule has 0 atom stereocenters. The molecule has 10 heteroatoms.